The van der Waals surface area contributed by atoms with E-state index in [9.17, 15) is 9.18 Å². The van der Waals surface area contributed by atoms with Crippen LogP contribution < -0.4 is 15.4 Å². The number of halogens is 1. The van der Waals surface area contributed by atoms with E-state index in [2.05, 4.69) is 27.3 Å². The fourth-order valence-electron chi connectivity index (χ4n) is 3.61. The van der Waals surface area contributed by atoms with E-state index < -0.39 is 5.54 Å². The maximum atomic E-state index is 14.1. The second kappa shape index (κ2) is 6.58. The third kappa shape index (κ3) is 3.20. The molecule has 3 aromatic rings. The summed E-state index contributed by atoms with van der Waals surface area (Å²) in [5.41, 5.74) is 1.18. The highest BCUT2D eigenvalue weighted by Crippen LogP contribution is 2.38. The van der Waals surface area contributed by atoms with Crippen LogP contribution in [-0.2, 0) is 0 Å². The average molecular weight is 393 g/mol. The number of nitrogens with one attached hydrogen (secondary N) is 2. The first kappa shape index (κ1) is 17.7. The Morgan fingerprint density at radius 2 is 2.21 bits per heavy atom. The topological polar surface area (TPSA) is 80.5 Å². The highest BCUT2D eigenvalue weighted by atomic mass is 19.1. The molecule has 3 heterocycles. The van der Waals surface area contributed by atoms with E-state index in [1.54, 1.807) is 24.3 Å². The number of aromatic nitrogens is 3. The van der Waals surface area contributed by atoms with Crippen molar-refractivity contribution in [3.05, 3.63) is 66.3 Å². The Hall–Kier alpha value is -3.42. The van der Waals surface area contributed by atoms with Crippen LogP contribution in [0.4, 0.5) is 10.2 Å². The monoisotopic (exact) mass is 393 g/mol. The molecular weight excluding hydrogens is 373 g/mol. The minimum Gasteiger partial charge on any atom is -0.491 e. The number of benzene rings is 1. The molecule has 1 spiro atoms. The van der Waals surface area contributed by atoms with Gasteiger partial charge < -0.3 is 15.4 Å². The first-order chi connectivity index (χ1) is 14.1. The normalized spacial score (nSPS) is 19.9. The van der Waals surface area contributed by atoms with Crippen LogP contribution in [0.1, 0.15) is 41.4 Å². The molecule has 2 aromatic heterocycles. The predicted octanol–water partition coefficient (Wildman–Crippen LogP) is 3.25. The molecule has 2 bridgehead atoms. The minimum absolute atomic E-state index is 0.246. The van der Waals surface area contributed by atoms with Crippen LogP contribution in [0.15, 0.2) is 49.2 Å². The number of fused-ring (bicyclic) bond motifs is 2. The minimum atomic E-state index is -0.431. The number of imidazole rings is 1. The number of nitrogens with zero attached hydrogens (tertiary/aromatic N) is 3. The fraction of sp³-hybridized carbons (Fsp3) is 0.286. The number of hydrogen-bond donors (Lipinski definition) is 2. The zero-order valence-corrected chi connectivity index (χ0v) is 15.7. The lowest BCUT2D eigenvalue weighted by Crippen LogP contribution is -2.41. The number of carbonyl (C=O) groups excluding carboxylic acids is 1. The molecule has 8 heteroatoms. The van der Waals surface area contributed by atoms with Crippen molar-refractivity contribution in [1.82, 2.24) is 19.9 Å². The summed E-state index contributed by atoms with van der Waals surface area (Å²) in [6.07, 6.45) is 5.46. The van der Waals surface area contributed by atoms with Gasteiger partial charge in [0.25, 0.3) is 5.91 Å². The van der Waals surface area contributed by atoms with Crippen molar-refractivity contribution in [3.63, 3.8) is 0 Å². The number of anilines is 1. The summed E-state index contributed by atoms with van der Waals surface area (Å²) >= 11 is 0. The molecule has 0 radical (unpaired) electrons. The van der Waals surface area contributed by atoms with Crippen LogP contribution in [0.25, 0.3) is 5.65 Å². The first-order valence-corrected chi connectivity index (χ1v) is 9.54. The SMILES string of the molecule is C=CC[C@H]1Nc2ccc3ncc(n3n2)C(=O)NC2(CC2)COc2ccc(F)cc21. The first-order valence-electron chi connectivity index (χ1n) is 9.54. The van der Waals surface area contributed by atoms with Crippen molar-refractivity contribution in [2.45, 2.75) is 30.8 Å². The van der Waals surface area contributed by atoms with Crippen LogP contribution >= 0.6 is 0 Å². The lowest BCUT2D eigenvalue weighted by atomic mass is 10.0. The Balaban J connectivity index is 1.65. The van der Waals surface area contributed by atoms with Gasteiger partial charge in [0.05, 0.1) is 17.8 Å². The molecular formula is C21H20FN5O2. The Morgan fingerprint density at radius 3 is 3.00 bits per heavy atom. The van der Waals surface area contributed by atoms with Crippen LogP contribution in [0.2, 0.25) is 0 Å². The van der Waals surface area contributed by atoms with E-state index >= 15 is 0 Å². The summed E-state index contributed by atoms with van der Waals surface area (Å²) in [6, 6.07) is 7.74. The summed E-state index contributed by atoms with van der Waals surface area (Å²) in [4.78, 5) is 17.1. The van der Waals surface area contributed by atoms with E-state index in [0.29, 0.717) is 41.5 Å². The molecule has 1 atom stereocenters. The van der Waals surface area contributed by atoms with Gasteiger partial charge in [0.1, 0.15) is 24.0 Å². The highest BCUT2D eigenvalue weighted by molar-refractivity contribution is 5.94. The molecule has 1 aliphatic carbocycles. The molecule has 148 valence electrons. The molecule has 1 amide bonds. The number of hydrogen-bond acceptors (Lipinski definition) is 5. The van der Waals surface area contributed by atoms with Gasteiger partial charge in [-0.1, -0.05) is 6.08 Å². The summed E-state index contributed by atoms with van der Waals surface area (Å²) < 4.78 is 21.7. The molecule has 1 saturated carbocycles. The Kier molecular flexibility index (Phi) is 4.01. The van der Waals surface area contributed by atoms with Gasteiger partial charge >= 0.3 is 0 Å². The van der Waals surface area contributed by atoms with Crippen molar-refractivity contribution in [2.24, 2.45) is 0 Å². The largest absolute Gasteiger partial charge is 0.491 e. The Labute approximate surface area is 166 Å². The third-order valence-electron chi connectivity index (χ3n) is 5.40. The molecule has 5 rings (SSSR count). The van der Waals surface area contributed by atoms with Crippen LogP contribution in [0, 0.1) is 5.82 Å². The molecule has 0 unspecified atom stereocenters. The molecule has 0 saturated heterocycles. The van der Waals surface area contributed by atoms with Gasteiger partial charge in [-0.3, -0.25) is 4.79 Å². The van der Waals surface area contributed by atoms with E-state index in [4.69, 9.17) is 4.74 Å². The molecule has 2 aliphatic rings. The van der Waals surface area contributed by atoms with Gasteiger partial charge in [0.2, 0.25) is 0 Å². The number of carbonyl (C=O) groups is 1. The van der Waals surface area contributed by atoms with Crippen molar-refractivity contribution in [2.75, 3.05) is 11.9 Å². The maximum Gasteiger partial charge on any atom is 0.272 e. The van der Waals surface area contributed by atoms with Crippen molar-refractivity contribution >= 4 is 17.4 Å². The summed E-state index contributed by atoms with van der Waals surface area (Å²) in [5, 5.41) is 10.9. The third-order valence-corrected chi connectivity index (χ3v) is 5.40. The summed E-state index contributed by atoms with van der Waals surface area (Å²) in [7, 11) is 0. The van der Waals surface area contributed by atoms with Gasteiger partial charge in [0, 0.05) is 5.56 Å². The van der Waals surface area contributed by atoms with Gasteiger partial charge in [-0.05, 0) is 49.6 Å². The zero-order chi connectivity index (χ0) is 20.0. The number of amides is 1. The van der Waals surface area contributed by atoms with E-state index in [-0.39, 0.29) is 17.8 Å². The molecule has 29 heavy (non-hydrogen) atoms. The Morgan fingerprint density at radius 1 is 1.34 bits per heavy atom. The summed E-state index contributed by atoms with van der Waals surface area (Å²) in [6.45, 7) is 4.14. The van der Waals surface area contributed by atoms with E-state index in [1.807, 2.05) is 0 Å². The predicted molar refractivity (Wildman–Crippen MR) is 105 cm³/mol. The van der Waals surface area contributed by atoms with Crippen molar-refractivity contribution in [3.8, 4) is 5.75 Å². The van der Waals surface area contributed by atoms with Crippen molar-refractivity contribution in [1.29, 1.82) is 0 Å². The summed E-state index contributed by atoms with van der Waals surface area (Å²) in [5.74, 6) is 0.520. The second-order valence-electron chi connectivity index (χ2n) is 7.56. The average Bonchev–Trinajstić information content (AvgIpc) is 3.33. The maximum absolute atomic E-state index is 14.1. The number of ether oxygens (including phenoxy) is 1. The van der Waals surface area contributed by atoms with Crippen molar-refractivity contribution < 1.29 is 13.9 Å². The van der Waals surface area contributed by atoms with Gasteiger partial charge in [0.15, 0.2) is 11.3 Å². The fourth-order valence-corrected chi connectivity index (χ4v) is 3.61. The van der Waals surface area contributed by atoms with E-state index in [1.165, 1.54) is 22.8 Å². The van der Waals surface area contributed by atoms with Crippen LogP contribution in [0.3, 0.4) is 0 Å². The molecule has 1 fully saturated rings. The molecule has 1 aliphatic heterocycles. The van der Waals surface area contributed by atoms with Crippen LogP contribution in [0.5, 0.6) is 5.75 Å². The second-order valence-corrected chi connectivity index (χ2v) is 7.56. The standard InChI is InChI=1S/C21H20FN5O2/c1-2-3-15-14-10-13(22)4-5-17(14)29-12-21(8-9-21)25-20(28)16-11-23-19-7-6-18(24-15)26-27(16)19/h2,4-7,10-11,15H,1,3,8-9,12H2,(H,24,26)(H,25,28)/t15-/m1/s1. The highest BCUT2D eigenvalue weighted by Gasteiger charge is 2.45. The lowest BCUT2D eigenvalue weighted by molar-refractivity contribution is 0.0905. The quantitative estimate of drug-likeness (QED) is 0.654. The Bertz CT molecular complexity index is 1120. The molecule has 2 N–H and O–H groups in total. The molecule has 1 aromatic carbocycles. The van der Waals surface area contributed by atoms with Gasteiger partial charge in [-0.15, -0.1) is 11.7 Å². The molecule has 7 nitrogen and oxygen atoms in total. The number of rotatable bonds is 2. The lowest BCUT2D eigenvalue weighted by Gasteiger charge is -2.23. The smallest absolute Gasteiger partial charge is 0.272 e. The van der Waals surface area contributed by atoms with Crippen LogP contribution in [-0.4, -0.2) is 32.7 Å². The zero-order valence-electron chi connectivity index (χ0n) is 15.7. The van der Waals surface area contributed by atoms with E-state index in [0.717, 1.165) is 12.8 Å². The van der Waals surface area contributed by atoms with Gasteiger partial charge in [-0.2, -0.15) is 0 Å². The van der Waals surface area contributed by atoms with Gasteiger partial charge in [-0.25, -0.2) is 13.9 Å².